The van der Waals surface area contributed by atoms with Gasteiger partial charge in [-0.05, 0) is 49.2 Å². The lowest BCUT2D eigenvalue weighted by molar-refractivity contribution is 0.198. The molecule has 0 amide bonds. The molecule has 124 valence electrons. The molecule has 2 rings (SSSR count). The summed E-state index contributed by atoms with van der Waals surface area (Å²) in [6.07, 6.45) is 0.915. The van der Waals surface area contributed by atoms with Crippen molar-refractivity contribution in [1.82, 2.24) is 0 Å². The molecule has 0 bridgehead atoms. The van der Waals surface area contributed by atoms with Gasteiger partial charge in [-0.25, -0.2) is 8.42 Å². The lowest BCUT2D eigenvalue weighted by Crippen LogP contribution is -2.14. The number of sulfonamides is 1. The number of rotatable bonds is 8. The Hall–Kier alpha value is -2.05. The summed E-state index contributed by atoms with van der Waals surface area (Å²) >= 11 is 0. The van der Waals surface area contributed by atoms with Gasteiger partial charge in [-0.2, -0.15) is 0 Å². The van der Waals surface area contributed by atoms with Crippen molar-refractivity contribution >= 4 is 21.4 Å². The first-order chi connectivity index (χ1) is 11.0. The second-order valence-electron chi connectivity index (χ2n) is 5.22. The van der Waals surface area contributed by atoms with Gasteiger partial charge in [-0.3, -0.25) is 4.72 Å². The third-order valence-electron chi connectivity index (χ3n) is 3.37. The van der Waals surface area contributed by atoms with E-state index in [1.54, 1.807) is 44.4 Å². The molecular formula is C17H22N2O3S. The van der Waals surface area contributed by atoms with E-state index >= 15 is 0 Å². The Kier molecular flexibility index (Phi) is 6.01. The number of hydrogen-bond acceptors (Lipinski definition) is 4. The summed E-state index contributed by atoms with van der Waals surface area (Å²) in [5.74, 6) is 0. The molecular weight excluding hydrogens is 312 g/mol. The van der Waals surface area contributed by atoms with Crippen LogP contribution in [0.5, 0.6) is 0 Å². The van der Waals surface area contributed by atoms with Crippen LogP contribution in [0.15, 0.2) is 53.4 Å². The fourth-order valence-electron chi connectivity index (χ4n) is 2.17. The molecule has 0 aromatic heterocycles. The molecule has 0 heterocycles. The summed E-state index contributed by atoms with van der Waals surface area (Å²) in [4.78, 5) is 0.293. The molecule has 0 unspecified atom stereocenters. The minimum absolute atomic E-state index is 0.293. The molecule has 0 aliphatic heterocycles. The number of ether oxygens (including phenoxy) is 1. The summed E-state index contributed by atoms with van der Waals surface area (Å²) in [7, 11) is -1.89. The van der Waals surface area contributed by atoms with E-state index in [2.05, 4.69) is 10.0 Å². The Labute approximate surface area is 137 Å². The molecule has 0 saturated heterocycles. The Morgan fingerprint density at radius 3 is 2.30 bits per heavy atom. The van der Waals surface area contributed by atoms with Crippen LogP contribution in [0.2, 0.25) is 0 Å². The number of methoxy groups -OCH3 is 1. The fraction of sp³-hybridized carbons (Fsp3) is 0.294. The fourth-order valence-corrected chi connectivity index (χ4v) is 3.48. The summed E-state index contributed by atoms with van der Waals surface area (Å²) in [6.45, 7) is 3.30. The zero-order valence-corrected chi connectivity index (χ0v) is 14.2. The molecule has 0 atom stereocenters. The average Bonchev–Trinajstić information content (AvgIpc) is 2.53. The van der Waals surface area contributed by atoms with Crippen LogP contribution in [0, 0.1) is 6.92 Å². The van der Waals surface area contributed by atoms with Gasteiger partial charge >= 0.3 is 0 Å². The predicted molar refractivity (Wildman–Crippen MR) is 93.4 cm³/mol. The van der Waals surface area contributed by atoms with Crippen LogP contribution in [-0.4, -0.2) is 28.7 Å². The topological polar surface area (TPSA) is 67.4 Å². The number of hydrogen-bond donors (Lipinski definition) is 2. The third kappa shape index (κ3) is 4.97. The highest BCUT2D eigenvalue weighted by molar-refractivity contribution is 7.92. The third-order valence-corrected chi connectivity index (χ3v) is 4.92. The number of anilines is 2. The van der Waals surface area contributed by atoms with Gasteiger partial charge in [0.25, 0.3) is 10.0 Å². The lowest BCUT2D eigenvalue weighted by Gasteiger charge is -2.11. The van der Waals surface area contributed by atoms with Crippen molar-refractivity contribution in [1.29, 1.82) is 0 Å². The summed E-state index contributed by atoms with van der Waals surface area (Å²) in [6, 6.07) is 14.1. The van der Waals surface area contributed by atoms with E-state index in [0.717, 1.165) is 24.2 Å². The molecule has 0 aliphatic rings. The predicted octanol–water partition coefficient (Wildman–Crippen LogP) is 3.24. The molecule has 23 heavy (non-hydrogen) atoms. The van der Waals surface area contributed by atoms with E-state index in [-0.39, 0.29) is 0 Å². The summed E-state index contributed by atoms with van der Waals surface area (Å²) in [5, 5.41) is 3.25. The molecule has 0 aliphatic carbocycles. The Morgan fingerprint density at radius 2 is 1.65 bits per heavy atom. The Morgan fingerprint density at radius 1 is 1.00 bits per heavy atom. The highest BCUT2D eigenvalue weighted by Gasteiger charge is 2.16. The first kappa shape index (κ1) is 17.3. The molecule has 2 N–H and O–H groups in total. The molecule has 0 radical (unpaired) electrons. The standard InChI is InChI=1S/C17H22N2O3S/c1-14-6-3-4-7-17(14)23(20,21)19-16-10-8-15(9-11-16)18-12-5-13-22-2/h3-4,6-11,18-19H,5,12-13H2,1-2H3. The minimum atomic E-state index is -3.57. The maximum atomic E-state index is 12.4. The highest BCUT2D eigenvalue weighted by Crippen LogP contribution is 2.20. The SMILES string of the molecule is COCCCNc1ccc(NS(=O)(=O)c2ccccc2C)cc1. The lowest BCUT2D eigenvalue weighted by atomic mass is 10.2. The first-order valence-corrected chi connectivity index (χ1v) is 8.92. The molecule has 0 spiro atoms. The van der Waals surface area contributed by atoms with Crippen LogP contribution >= 0.6 is 0 Å². The van der Waals surface area contributed by atoms with E-state index in [4.69, 9.17) is 4.74 Å². The number of aryl methyl sites for hydroxylation is 1. The zero-order valence-electron chi connectivity index (χ0n) is 13.4. The maximum Gasteiger partial charge on any atom is 0.262 e. The van der Waals surface area contributed by atoms with Crippen molar-refractivity contribution in [2.75, 3.05) is 30.3 Å². The summed E-state index contributed by atoms with van der Waals surface area (Å²) in [5.41, 5.74) is 2.20. The Balaban J connectivity index is 2.02. The van der Waals surface area contributed by atoms with Crippen LogP contribution in [0.4, 0.5) is 11.4 Å². The quantitative estimate of drug-likeness (QED) is 0.727. The van der Waals surface area contributed by atoms with Gasteiger partial charge in [0.2, 0.25) is 0 Å². The van der Waals surface area contributed by atoms with Crippen LogP contribution in [0.1, 0.15) is 12.0 Å². The van der Waals surface area contributed by atoms with Gasteiger partial charge in [-0.15, -0.1) is 0 Å². The minimum Gasteiger partial charge on any atom is -0.385 e. The molecule has 2 aromatic rings. The van der Waals surface area contributed by atoms with Gasteiger partial charge < -0.3 is 10.1 Å². The van der Waals surface area contributed by atoms with Crippen molar-refractivity contribution < 1.29 is 13.2 Å². The van der Waals surface area contributed by atoms with E-state index in [1.807, 2.05) is 18.2 Å². The van der Waals surface area contributed by atoms with Crippen molar-refractivity contribution in [2.45, 2.75) is 18.2 Å². The monoisotopic (exact) mass is 334 g/mol. The number of nitrogens with one attached hydrogen (secondary N) is 2. The normalized spacial score (nSPS) is 11.2. The molecule has 6 heteroatoms. The second kappa shape index (κ2) is 7.99. The van der Waals surface area contributed by atoms with Crippen LogP contribution in [0.25, 0.3) is 0 Å². The van der Waals surface area contributed by atoms with E-state index in [1.165, 1.54) is 0 Å². The molecule has 0 saturated carbocycles. The average molecular weight is 334 g/mol. The van der Waals surface area contributed by atoms with Crippen LogP contribution < -0.4 is 10.0 Å². The van der Waals surface area contributed by atoms with Crippen LogP contribution in [0.3, 0.4) is 0 Å². The van der Waals surface area contributed by atoms with Crippen molar-refractivity contribution in [2.24, 2.45) is 0 Å². The van der Waals surface area contributed by atoms with Gasteiger partial charge in [0.05, 0.1) is 4.90 Å². The molecule has 5 nitrogen and oxygen atoms in total. The van der Waals surface area contributed by atoms with E-state index < -0.39 is 10.0 Å². The smallest absolute Gasteiger partial charge is 0.262 e. The Bertz CT molecular complexity index is 728. The zero-order chi connectivity index (χ0) is 16.7. The van der Waals surface area contributed by atoms with Gasteiger partial charge in [0.15, 0.2) is 0 Å². The van der Waals surface area contributed by atoms with Crippen molar-refractivity contribution in [3.05, 3.63) is 54.1 Å². The molecule has 0 fully saturated rings. The van der Waals surface area contributed by atoms with Crippen molar-refractivity contribution in [3.8, 4) is 0 Å². The largest absolute Gasteiger partial charge is 0.385 e. The van der Waals surface area contributed by atoms with Crippen molar-refractivity contribution in [3.63, 3.8) is 0 Å². The van der Waals surface area contributed by atoms with Crippen LogP contribution in [-0.2, 0) is 14.8 Å². The second-order valence-corrected chi connectivity index (χ2v) is 6.87. The van der Waals surface area contributed by atoms with E-state index in [9.17, 15) is 8.42 Å². The summed E-state index contributed by atoms with van der Waals surface area (Å²) < 4.78 is 32.4. The maximum absolute atomic E-state index is 12.4. The molecule has 2 aromatic carbocycles. The van der Waals surface area contributed by atoms with Gasteiger partial charge in [0, 0.05) is 31.6 Å². The first-order valence-electron chi connectivity index (χ1n) is 7.44. The van der Waals surface area contributed by atoms with E-state index in [0.29, 0.717) is 17.2 Å². The highest BCUT2D eigenvalue weighted by atomic mass is 32.2. The van der Waals surface area contributed by atoms with Gasteiger partial charge in [0.1, 0.15) is 0 Å². The van der Waals surface area contributed by atoms with Gasteiger partial charge in [-0.1, -0.05) is 18.2 Å². The number of benzene rings is 2.